The minimum Gasteiger partial charge on any atom is -0.508 e. The number of ether oxygens (including phenoxy) is 1. The number of hydrogen-bond acceptors (Lipinski definition) is 10. The number of amides is 4. The topological polar surface area (TPSA) is 138 Å². The van der Waals surface area contributed by atoms with E-state index in [1.807, 2.05) is 19.1 Å². The van der Waals surface area contributed by atoms with Gasteiger partial charge < -0.3 is 9.84 Å². The average molecular weight is 880 g/mol. The van der Waals surface area contributed by atoms with E-state index >= 15 is 4.79 Å². The molecule has 1 saturated carbocycles. The van der Waals surface area contributed by atoms with Crippen LogP contribution >= 0.6 is 34.5 Å². The molecule has 2 saturated heterocycles. The normalized spacial score (nSPS) is 25.2. The number of hydrogen-bond donors (Lipinski definition) is 1. The van der Waals surface area contributed by atoms with E-state index in [-0.39, 0.29) is 29.4 Å². The van der Waals surface area contributed by atoms with Gasteiger partial charge in [-0.25, -0.2) is 9.88 Å². The van der Waals surface area contributed by atoms with E-state index < -0.39 is 76.3 Å². The van der Waals surface area contributed by atoms with E-state index in [0.29, 0.717) is 33.7 Å². The number of methoxy groups -OCH3 is 1. The van der Waals surface area contributed by atoms with Gasteiger partial charge in [0, 0.05) is 47.4 Å². The van der Waals surface area contributed by atoms with E-state index in [4.69, 9.17) is 33.0 Å². The number of hydrazine groups is 1. The van der Waals surface area contributed by atoms with Crippen molar-refractivity contribution in [3.8, 4) is 22.1 Å². The highest BCUT2D eigenvalue weighted by Crippen LogP contribution is 2.64. The summed E-state index contributed by atoms with van der Waals surface area (Å²) in [5.41, 5.74) is -0.377. The van der Waals surface area contributed by atoms with Crippen LogP contribution < -0.4 is 14.6 Å². The number of rotatable bonds is 6. The maximum Gasteiger partial charge on any atom is 0.433 e. The molecule has 0 bridgehead atoms. The number of alkyl halides is 3. The summed E-state index contributed by atoms with van der Waals surface area (Å²) in [6.07, 6.45) is -3.01. The Labute approximate surface area is 354 Å². The van der Waals surface area contributed by atoms with Crippen LogP contribution in [-0.2, 0) is 32.4 Å². The number of carbonyl (C=O) groups excluding carboxylic acids is 4. The van der Waals surface area contributed by atoms with Gasteiger partial charge in [0.1, 0.15) is 28.7 Å². The van der Waals surface area contributed by atoms with Crippen LogP contribution in [0.4, 0.5) is 24.8 Å². The Balaban J connectivity index is 1.13. The highest BCUT2D eigenvalue weighted by molar-refractivity contribution is 7.22. The number of aromatic hydroxyl groups is 1. The van der Waals surface area contributed by atoms with Crippen molar-refractivity contribution in [1.29, 1.82) is 0 Å². The van der Waals surface area contributed by atoms with Crippen molar-refractivity contribution in [2.75, 3.05) is 24.1 Å². The zero-order chi connectivity index (χ0) is 42.9. The Morgan fingerprint density at radius 3 is 2.45 bits per heavy atom. The number of anilines is 2. The van der Waals surface area contributed by atoms with Gasteiger partial charge in [0.25, 0.3) is 11.8 Å². The second kappa shape index (κ2) is 13.8. The number of phenols is 1. The summed E-state index contributed by atoms with van der Waals surface area (Å²) < 4.78 is 48.9. The maximum absolute atomic E-state index is 15.2. The standard InChI is InChI=1S/C42H35Cl2F3N6O6S/c1-18-24-14-19(43)6-12-30(24)60-35(18)28-17-32(50(3)49-28)52-38(56)26-16-25-21(34(41(26,2)40(52)58)22-8-7-20(59-5)15-29(22)54)9-10-23-33(25)39(57)53(37(23)55)51(4)36-27(44)11-13-31(48-36)42(45,46)47/h6-9,11-15,17,23,25-26,33-34,54H,10,16H2,1-5H3/t23-,25+,26-,33-,34+,41+/m0/s1. The van der Waals surface area contributed by atoms with Crippen LogP contribution in [0.2, 0.25) is 10.0 Å². The molecule has 18 heteroatoms. The second-order valence-corrected chi connectivity index (χ2v) is 17.7. The van der Waals surface area contributed by atoms with Gasteiger partial charge in [-0.2, -0.15) is 23.3 Å². The minimum absolute atomic E-state index is 0.0159. The summed E-state index contributed by atoms with van der Waals surface area (Å²) >= 11 is 14.1. The van der Waals surface area contributed by atoms with Gasteiger partial charge >= 0.3 is 6.18 Å². The van der Waals surface area contributed by atoms with Crippen LogP contribution in [0.1, 0.15) is 42.5 Å². The summed E-state index contributed by atoms with van der Waals surface area (Å²) in [4.78, 5) is 64.5. The van der Waals surface area contributed by atoms with Crippen molar-refractivity contribution in [2.24, 2.45) is 36.1 Å². The van der Waals surface area contributed by atoms with E-state index in [0.717, 1.165) is 41.5 Å². The van der Waals surface area contributed by atoms with Crippen molar-refractivity contribution in [2.45, 2.75) is 38.8 Å². The third-order valence-corrected chi connectivity index (χ3v) is 14.6. The molecule has 6 atom stereocenters. The van der Waals surface area contributed by atoms with E-state index in [1.54, 1.807) is 44.3 Å². The summed E-state index contributed by atoms with van der Waals surface area (Å²) in [7, 11) is 4.32. The van der Waals surface area contributed by atoms with Crippen molar-refractivity contribution >= 4 is 79.9 Å². The van der Waals surface area contributed by atoms with Gasteiger partial charge in [0.05, 0.1) is 40.2 Å². The number of benzene rings is 2. The third kappa shape index (κ3) is 5.70. The average Bonchev–Trinajstić information content (AvgIpc) is 3.87. The lowest BCUT2D eigenvalue weighted by Gasteiger charge is -2.49. The van der Waals surface area contributed by atoms with E-state index in [1.165, 1.54) is 36.2 Å². The molecule has 5 aromatic rings. The third-order valence-electron chi connectivity index (χ3n) is 12.7. The highest BCUT2D eigenvalue weighted by Gasteiger charge is 2.68. The number of nitrogens with zero attached hydrogens (tertiary/aromatic N) is 6. The first-order valence-electron chi connectivity index (χ1n) is 18.9. The molecule has 12 nitrogen and oxygen atoms in total. The number of phenolic OH excluding ortho intramolecular Hbond substituents is 1. The van der Waals surface area contributed by atoms with Crippen LogP contribution in [0.5, 0.6) is 11.5 Å². The molecular weight excluding hydrogens is 844 g/mol. The predicted octanol–water partition coefficient (Wildman–Crippen LogP) is 8.33. The first kappa shape index (κ1) is 40.0. The summed E-state index contributed by atoms with van der Waals surface area (Å²) in [5.74, 6) is -7.35. The molecule has 3 aromatic heterocycles. The Hall–Kier alpha value is -5.45. The van der Waals surface area contributed by atoms with Gasteiger partial charge in [0.2, 0.25) is 11.8 Å². The summed E-state index contributed by atoms with van der Waals surface area (Å²) in [5, 5.41) is 19.3. The monoisotopic (exact) mass is 878 g/mol. The molecule has 9 rings (SSSR count). The van der Waals surface area contributed by atoms with Gasteiger partial charge in [-0.05, 0) is 80.0 Å². The highest BCUT2D eigenvalue weighted by atomic mass is 35.5. The summed E-state index contributed by atoms with van der Waals surface area (Å²) in [6, 6.07) is 13.6. The fraction of sp³-hybridized carbons (Fsp3) is 0.333. The molecule has 60 heavy (non-hydrogen) atoms. The van der Waals surface area contributed by atoms with Gasteiger partial charge in [0.15, 0.2) is 5.82 Å². The van der Waals surface area contributed by atoms with Gasteiger partial charge in [-0.1, -0.05) is 40.9 Å². The molecule has 2 aliphatic heterocycles. The fourth-order valence-electron chi connectivity index (χ4n) is 9.88. The zero-order valence-corrected chi connectivity index (χ0v) is 34.9. The number of thiophene rings is 1. The molecule has 4 aliphatic rings. The molecule has 5 heterocycles. The lowest BCUT2D eigenvalue weighted by Crippen LogP contribution is -2.49. The molecule has 2 aromatic carbocycles. The quantitative estimate of drug-likeness (QED) is 0.132. The van der Waals surface area contributed by atoms with Gasteiger partial charge in [-0.15, -0.1) is 11.3 Å². The summed E-state index contributed by atoms with van der Waals surface area (Å²) in [6.45, 7) is 3.64. The Kier molecular flexibility index (Phi) is 9.19. The fourth-order valence-corrected chi connectivity index (χ4v) is 11.4. The molecule has 2 aliphatic carbocycles. The number of pyridine rings is 1. The van der Waals surface area contributed by atoms with Crippen molar-refractivity contribution in [3.63, 3.8) is 0 Å². The van der Waals surface area contributed by atoms with Crippen molar-refractivity contribution in [1.82, 2.24) is 19.8 Å². The molecule has 3 fully saturated rings. The van der Waals surface area contributed by atoms with Crippen LogP contribution in [-0.4, -0.2) is 62.7 Å². The van der Waals surface area contributed by atoms with E-state index in [2.05, 4.69) is 4.98 Å². The number of aryl methyl sites for hydroxylation is 2. The van der Waals surface area contributed by atoms with Crippen molar-refractivity contribution in [3.05, 3.63) is 93.1 Å². The Bertz CT molecular complexity index is 2750. The Morgan fingerprint density at radius 2 is 1.75 bits per heavy atom. The smallest absolute Gasteiger partial charge is 0.433 e. The lowest BCUT2D eigenvalue weighted by atomic mass is 9.51. The first-order valence-corrected chi connectivity index (χ1v) is 20.5. The molecule has 310 valence electrons. The molecule has 1 N–H and O–H groups in total. The lowest BCUT2D eigenvalue weighted by molar-refractivity contribution is -0.141. The number of allylic oxidation sites excluding steroid dienone is 2. The number of halogens is 5. The Morgan fingerprint density at radius 1 is 1.00 bits per heavy atom. The first-order chi connectivity index (χ1) is 28.4. The maximum atomic E-state index is 15.2. The van der Waals surface area contributed by atoms with Crippen LogP contribution in [0.15, 0.2) is 66.2 Å². The van der Waals surface area contributed by atoms with E-state index in [9.17, 15) is 32.7 Å². The molecule has 0 spiro atoms. The molecular formula is C42H35Cl2F3N6O6S. The molecule has 0 radical (unpaired) electrons. The second-order valence-electron chi connectivity index (χ2n) is 15.8. The number of fused-ring (bicyclic) bond motifs is 5. The van der Waals surface area contributed by atoms with Crippen molar-refractivity contribution < 1.29 is 42.2 Å². The van der Waals surface area contributed by atoms with Crippen LogP contribution in [0.25, 0.3) is 20.7 Å². The SMILES string of the molecule is COc1ccc([C@H]2C3=CC[C@@H]4C(=O)N(N(C)c5nc(C(F)(F)F)ccc5Cl)C(=O)[C@@H]4[C@@H]3C[C@H]3C(=O)N(c4cc(-c5sc6ccc(Cl)cc6c5C)nn4C)C(=O)[C@@]23C)c(O)c1. The van der Waals surface area contributed by atoms with Crippen LogP contribution in [0, 0.1) is 36.0 Å². The largest absolute Gasteiger partial charge is 0.508 e. The minimum atomic E-state index is -4.83. The molecule has 4 amide bonds. The number of imide groups is 2. The van der Waals surface area contributed by atoms with Crippen LogP contribution in [0.3, 0.4) is 0 Å². The molecule has 0 unspecified atom stereocenters. The predicted molar refractivity (Wildman–Crippen MR) is 218 cm³/mol. The zero-order valence-electron chi connectivity index (χ0n) is 32.5. The number of carbonyl (C=O) groups is 4. The van der Waals surface area contributed by atoms with Gasteiger partial charge in [-0.3, -0.25) is 28.9 Å². The number of aromatic nitrogens is 3.